The van der Waals surface area contributed by atoms with E-state index in [0.29, 0.717) is 26.9 Å². The summed E-state index contributed by atoms with van der Waals surface area (Å²) in [6.07, 6.45) is -3.92. The van der Waals surface area contributed by atoms with Gasteiger partial charge in [-0.1, -0.05) is 48.0 Å². The first kappa shape index (κ1) is 27.9. The average Bonchev–Trinajstić information content (AvgIpc) is 2.80. The van der Waals surface area contributed by atoms with Gasteiger partial charge in [0.1, 0.15) is 5.82 Å². The summed E-state index contributed by atoms with van der Waals surface area (Å²) in [5.74, 6) is -4.25. The number of halogens is 4. The zero-order valence-electron chi connectivity index (χ0n) is 18.1. The van der Waals surface area contributed by atoms with E-state index in [2.05, 4.69) is 15.6 Å². The second kappa shape index (κ2) is 11.8. The van der Waals surface area contributed by atoms with Crippen LogP contribution in [0.25, 0.3) is 10.8 Å². The highest BCUT2D eigenvalue weighted by molar-refractivity contribution is 6.36. The minimum Gasteiger partial charge on any atom is -0.481 e. The van der Waals surface area contributed by atoms with Crippen molar-refractivity contribution >= 4 is 52.0 Å². The SMILES string of the molecule is N=C(N)Nc1ncc(Cl)c2ccc(C(=O)NC(CC(=O)O)c3ccccc3)cc12.O=C(O)C(F)(F)F. The van der Waals surface area contributed by atoms with Crippen molar-refractivity contribution in [1.29, 1.82) is 5.41 Å². The van der Waals surface area contributed by atoms with Gasteiger partial charge in [-0.15, -0.1) is 0 Å². The molecule has 0 saturated carbocycles. The van der Waals surface area contributed by atoms with Crippen LogP contribution in [0.3, 0.4) is 0 Å². The molecule has 0 radical (unpaired) electrons. The number of nitrogens with zero attached hydrogens (tertiary/aromatic N) is 1. The average molecular weight is 526 g/mol. The van der Waals surface area contributed by atoms with E-state index in [9.17, 15) is 27.9 Å². The molecule has 1 unspecified atom stereocenters. The first-order valence-electron chi connectivity index (χ1n) is 9.86. The molecule has 3 aromatic rings. The second-order valence-corrected chi connectivity index (χ2v) is 7.50. The number of carbonyl (C=O) groups excluding carboxylic acids is 1. The van der Waals surface area contributed by atoms with Gasteiger partial charge in [0.2, 0.25) is 0 Å². The third-order valence-corrected chi connectivity index (χ3v) is 4.78. The highest BCUT2D eigenvalue weighted by atomic mass is 35.5. The van der Waals surface area contributed by atoms with E-state index in [4.69, 9.17) is 32.6 Å². The normalized spacial score (nSPS) is 11.6. The Hall–Kier alpha value is -4.39. The van der Waals surface area contributed by atoms with Crippen molar-refractivity contribution in [3.8, 4) is 0 Å². The number of nitrogens with one attached hydrogen (secondary N) is 3. The Bertz CT molecular complexity index is 1290. The summed E-state index contributed by atoms with van der Waals surface area (Å²) in [5.41, 5.74) is 6.37. The fraction of sp³-hybridized carbons (Fsp3) is 0.136. The topological polar surface area (TPSA) is 178 Å². The zero-order valence-corrected chi connectivity index (χ0v) is 18.9. The van der Waals surface area contributed by atoms with E-state index in [1.54, 1.807) is 42.5 Å². The van der Waals surface area contributed by atoms with Gasteiger partial charge in [-0.05, 0) is 17.7 Å². The molecule has 14 heteroatoms. The van der Waals surface area contributed by atoms with Gasteiger partial charge in [0.25, 0.3) is 5.91 Å². The molecule has 0 saturated heterocycles. The van der Waals surface area contributed by atoms with Gasteiger partial charge in [0, 0.05) is 22.5 Å². The standard InChI is InChI=1S/C20H18ClN5O3.C2HF3O2/c21-15-10-24-18(26-20(22)23)14-8-12(6-7-13(14)15)19(29)25-16(9-17(27)28)11-4-2-1-3-5-11;3-2(4,5)1(6)7/h1-8,10,16H,9H2,(H,25,29)(H,27,28)(H4,22,23,24,26);(H,6,7). The molecule has 0 fully saturated rings. The maximum Gasteiger partial charge on any atom is 0.490 e. The van der Waals surface area contributed by atoms with E-state index in [1.807, 2.05) is 6.07 Å². The fourth-order valence-corrected chi connectivity index (χ4v) is 3.14. The van der Waals surface area contributed by atoms with Crippen molar-refractivity contribution in [2.45, 2.75) is 18.6 Å². The van der Waals surface area contributed by atoms with Crippen LogP contribution in [-0.4, -0.2) is 45.2 Å². The van der Waals surface area contributed by atoms with Crippen LogP contribution in [0.4, 0.5) is 19.0 Å². The monoisotopic (exact) mass is 525 g/mol. The Balaban J connectivity index is 0.000000572. The highest BCUT2D eigenvalue weighted by Gasteiger charge is 2.38. The number of nitrogens with two attached hydrogens (primary N) is 1. The lowest BCUT2D eigenvalue weighted by atomic mass is 10.0. The van der Waals surface area contributed by atoms with Crippen LogP contribution in [0.15, 0.2) is 54.7 Å². The van der Waals surface area contributed by atoms with Gasteiger partial charge in [0.15, 0.2) is 5.96 Å². The number of aliphatic carboxylic acids is 2. The number of pyridine rings is 1. The van der Waals surface area contributed by atoms with Crippen molar-refractivity contribution in [3.63, 3.8) is 0 Å². The van der Waals surface area contributed by atoms with Crippen LogP contribution in [0.5, 0.6) is 0 Å². The van der Waals surface area contributed by atoms with E-state index in [1.165, 1.54) is 6.20 Å². The molecule has 1 heterocycles. The molecule has 7 N–H and O–H groups in total. The summed E-state index contributed by atoms with van der Waals surface area (Å²) >= 11 is 6.18. The molecule has 2 aromatic carbocycles. The fourth-order valence-electron chi connectivity index (χ4n) is 2.93. The number of hydrogen-bond donors (Lipinski definition) is 6. The summed E-state index contributed by atoms with van der Waals surface area (Å²) in [4.78, 5) is 37.1. The summed E-state index contributed by atoms with van der Waals surface area (Å²) in [7, 11) is 0. The maximum absolute atomic E-state index is 12.8. The van der Waals surface area contributed by atoms with Crippen LogP contribution in [0.2, 0.25) is 5.02 Å². The van der Waals surface area contributed by atoms with Gasteiger partial charge in [-0.25, -0.2) is 9.78 Å². The van der Waals surface area contributed by atoms with E-state index in [-0.39, 0.29) is 18.2 Å². The molecule has 0 aliphatic carbocycles. The Morgan fingerprint density at radius 3 is 2.22 bits per heavy atom. The molecule has 0 bridgehead atoms. The Morgan fingerprint density at radius 2 is 1.69 bits per heavy atom. The number of hydrogen-bond acceptors (Lipinski definition) is 5. The van der Waals surface area contributed by atoms with Gasteiger partial charge in [0.05, 0.1) is 17.5 Å². The van der Waals surface area contributed by atoms with Crippen molar-refractivity contribution in [2.75, 3.05) is 5.32 Å². The molecule has 3 rings (SSSR count). The minimum absolute atomic E-state index is 0.256. The Kier molecular flexibility index (Phi) is 9.16. The summed E-state index contributed by atoms with van der Waals surface area (Å²) in [6, 6.07) is 13.0. The van der Waals surface area contributed by atoms with Crippen LogP contribution < -0.4 is 16.4 Å². The van der Waals surface area contributed by atoms with Crippen LogP contribution in [0.1, 0.15) is 28.4 Å². The number of alkyl halides is 3. The van der Waals surface area contributed by atoms with E-state index >= 15 is 0 Å². The molecule has 0 aliphatic rings. The Morgan fingerprint density at radius 1 is 1.08 bits per heavy atom. The third-order valence-electron chi connectivity index (χ3n) is 4.48. The quantitative estimate of drug-likeness (QED) is 0.208. The van der Waals surface area contributed by atoms with Crippen molar-refractivity contribution < 1.29 is 37.8 Å². The number of anilines is 1. The summed E-state index contributed by atoms with van der Waals surface area (Å²) in [6.45, 7) is 0. The van der Waals surface area contributed by atoms with Crippen molar-refractivity contribution in [1.82, 2.24) is 10.3 Å². The lowest BCUT2D eigenvalue weighted by molar-refractivity contribution is -0.192. The first-order valence-corrected chi connectivity index (χ1v) is 10.2. The third kappa shape index (κ3) is 7.84. The second-order valence-electron chi connectivity index (χ2n) is 7.09. The summed E-state index contributed by atoms with van der Waals surface area (Å²) < 4.78 is 31.7. The maximum atomic E-state index is 12.8. The molecular formula is C22H19ClF3N5O5. The number of amides is 1. The Labute approximate surface area is 206 Å². The number of benzene rings is 2. The predicted molar refractivity (Wildman–Crippen MR) is 125 cm³/mol. The molecule has 1 amide bonds. The number of carbonyl (C=O) groups is 3. The van der Waals surface area contributed by atoms with Gasteiger partial charge < -0.3 is 26.6 Å². The summed E-state index contributed by atoms with van der Waals surface area (Å²) in [5, 5.41) is 30.6. The minimum atomic E-state index is -5.08. The van der Waals surface area contributed by atoms with E-state index < -0.39 is 30.1 Å². The smallest absolute Gasteiger partial charge is 0.481 e. The molecule has 0 spiro atoms. The highest BCUT2D eigenvalue weighted by Crippen LogP contribution is 2.29. The zero-order chi connectivity index (χ0) is 27.0. The first-order chi connectivity index (χ1) is 16.8. The predicted octanol–water partition coefficient (Wildman–Crippen LogP) is 3.77. The van der Waals surface area contributed by atoms with Crippen LogP contribution in [-0.2, 0) is 9.59 Å². The molecule has 190 valence electrons. The molecular weight excluding hydrogens is 507 g/mol. The van der Waals surface area contributed by atoms with E-state index in [0.717, 1.165) is 0 Å². The lowest BCUT2D eigenvalue weighted by Crippen LogP contribution is -2.30. The molecule has 1 atom stereocenters. The van der Waals surface area contributed by atoms with Gasteiger partial charge in [-0.3, -0.25) is 15.0 Å². The van der Waals surface area contributed by atoms with Crippen LogP contribution in [0, 0.1) is 5.41 Å². The number of aromatic nitrogens is 1. The molecule has 0 aliphatic heterocycles. The van der Waals surface area contributed by atoms with Gasteiger partial charge in [-0.2, -0.15) is 13.2 Å². The van der Waals surface area contributed by atoms with Crippen molar-refractivity contribution in [2.24, 2.45) is 5.73 Å². The molecule has 10 nitrogen and oxygen atoms in total. The van der Waals surface area contributed by atoms with Crippen LogP contribution >= 0.6 is 11.6 Å². The lowest BCUT2D eigenvalue weighted by Gasteiger charge is -2.18. The van der Waals surface area contributed by atoms with Gasteiger partial charge >= 0.3 is 18.1 Å². The van der Waals surface area contributed by atoms with Crippen molar-refractivity contribution in [3.05, 3.63) is 70.9 Å². The molecule has 1 aromatic heterocycles. The number of carboxylic acids is 2. The largest absolute Gasteiger partial charge is 0.490 e. The number of guanidine groups is 1. The number of fused-ring (bicyclic) bond motifs is 1. The number of rotatable bonds is 6. The molecule has 36 heavy (non-hydrogen) atoms. The number of carboxylic acid groups (broad SMARTS) is 2.